The summed E-state index contributed by atoms with van der Waals surface area (Å²) in [5.74, 6) is 1.18. The molecule has 5 heteroatoms. The fourth-order valence-electron chi connectivity index (χ4n) is 3.25. The Hall–Kier alpha value is -1.36. The van der Waals surface area contributed by atoms with Crippen LogP contribution in [0.3, 0.4) is 0 Å². The van der Waals surface area contributed by atoms with Crippen LogP contribution in [0.5, 0.6) is 5.88 Å². The number of rotatable bonds is 6. The Bertz CT molecular complexity index is 680. The fraction of sp³-hybridized carbons (Fsp3) is 0.588. The van der Waals surface area contributed by atoms with Gasteiger partial charge in [0.05, 0.1) is 22.3 Å². The molecule has 0 amide bonds. The van der Waals surface area contributed by atoms with E-state index in [2.05, 4.69) is 13.8 Å². The van der Waals surface area contributed by atoms with Crippen molar-refractivity contribution in [3.05, 3.63) is 17.5 Å². The summed E-state index contributed by atoms with van der Waals surface area (Å²) < 4.78 is 1.86. The Labute approximate surface area is 136 Å². The molecule has 0 saturated carbocycles. The zero-order valence-electron chi connectivity index (χ0n) is 13.4. The Morgan fingerprint density at radius 1 is 1.36 bits per heavy atom. The van der Waals surface area contributed by atoms with Crippen LogP contribution in [0.25, 0.3) is 10.9 Å². The molecule has 3 rings (SSSR count). The third kappa shape index (κ3) is 2.56. The maximum Gasteiger partial charge on any atom is 0.202 e. The summed E-state index contributed by atoms with van der Waals surface area (Å²) in [6.45, 7) is 5.12. The van der Waals surface area contributed by atoms with Crippen LogP contribution in [0.2, 0.25) is 0 Å². The number of aromatic hydroxyl groups is 1. The topological polar surface area (TPSA) is 64.1 Å². The number of pyridine rings is 1. The number of aryl methyl sites for hydroxylation is 1. The standard InChI is InChI=1S/C17H25N3OS/c1-3-5-6-7-13-16-11(10-22-13)15(18)14-12(19-16)9-20(8-4-2)17(14)21/h9,13,21H,3-8,10,18H2,1-2H3. The molecule has 120 valence electrons. The molecule has 0 bridgehead atoms. The van der Waals surface area contributed by atoms with Crippen LogP contribution in [-0.4, -0.2) is 14.7 Å². The number of nitrogens with two attached hydrogens (primary N) is 1. The smallest absolute Gasteiger partial charge is 0.202 e. The predicted molar refractivity (Wildman–Crippen MR) is 94.3 cm³/mol. The van der Waals surface area contributed by atoms with E-state index in [1.165, 1.54) is 25.7 Å². The Morgan fingerprint density at radius 2 is 2.18 bits per heavy atom. The average molecular weight is 319 g/mol. The zero-order chi connectivity index (χ0) is 15.7. The Kier molecular flexibility index (Phi) is 4.52. The van der Waals surface area contributed by atoms with Crippen LogP contribution in [0, 0.1) is 0 Å². The van der Waals surface area contributed by atoms with E-state index in [0.717, 1.165) is 46.6 Å². The lowest BCUT2D eigenvalue weighted by atomic mass is 10.0. The highest BCUT2D eigenvalue weighted by Gasteiger charge is 2.29. The number of unbranched alkanes of at least 4 members (excludes halogenated alkanes) is 2. The number of thioether (sulfide) groups is 1. The largest absolute Gasteiger partial charge is 0.494 e. The molecule has 0 spiro atoms. The molecule has 1 atom stereocenters. The average Bonchev–Trinajstić information content (AvgIpc) is 3.03. The highest BCUT2D eigenvalue weighted by molar-refractivity contribution is 7.99. The van der Waals surface area contributed by atoms with Crippen molar-refractivity contribution < 1.29 is 5.11 Å². The monoisotopic (exact) mass is 319 g/mol. The third-order valence-corrected chi connectivity index (χ3v) is 5.76. The van der Waals surface area contributed by atoms with Gasteiger partial charge in [-0.05, 0) is 12.8 Å². The maximum absolute atomic E-state index is 10.4. The van der Waals surface area contributed by atoms with E-state index in [0.29, 0.717) is 5.25 Å². The van der Waals surface area contributed by atoms with Gasteiger partial charge in [-0.25, -0.2) is 4.98 Å². The highest BCUT2D eigenvalue weighted by Crippen LogP contribution is 2.48. The van der Waals surface area contributed by atoms with Gasteiger partial charge >= 0.3 is 0 Å². The molecule has 3 N–H and O–H groups in total. The first-order valence-electron chi connectivity index (χ1n) is 8.29. The molecule has 0 aliphatic carbocycles. The Morgan fingerprint density at radius 3 is 2.91 bits per heavy atom. The second-order valence-corrected chi connectivity index (χ2v) is 7.28. The summed E-state index contributed by atoms with van der Waals surface area (Å²) in [6, 6.07) is 0. The summed E-state index contributed by atoms with van der Waals surface area (Å²) in [4.78, 5) is 4.86. The zero-order valence-corrected chi connectivity index (χ0v) is 14.2. The molecular formula is C17H25N3OS. The van der Waals surface area contributed by atoms with Crippen LogP contribution in [0.4, 0.5) is 5.69 Å². The molecule has 2 aromatic rings. The summed E-state index contributed by atoms with van der Waals surface area (Å²) >= 11 is 1.94. The molecule has 0 radical (unpaired) electrons. The number of nitrogens with zero attached hydrogens (tertiary/aromatic N) is 2. The summed E-state index contributed by atoms with van der Waals surface area (Å²) in [5.41, 5.74) is 10.2. The van der Waals surface area contributed by atoms with E-state index in [-0.39, 0.29) is 5.88 Å². The van der Waals surface area contributed by atoms with Gasteiger partial charge in [0.1, 0.15) is 0 Å². The summed E-state index contributed by atoms with van der Waals surface area (Å²) in [6.07, 6.45) is 7.85. The summed E-state index contributed by atoms with van der Waals surface area (Å²) in [5, 5.41) is 11.6. The first kappa shape index (κ1) is 15.5. The number of fused-ring (bicyclic) bond motifs is 2. The summed E-state index contributed by atoms with van der Waals surface area (Å²) in [7, 11) is 0. The SMILES string of the molecule is CCCCCC1SCc2c1nc1cn(CCC)c(O)c1c2N. The normalized spacial score (nSPS) is 17.3. The second kappa shape index (κ2) is 6.41. The molecule has 2 aromatic heterocycles. The van der Waals surface area contributed by atoms with Gasteiger partial charge in [-0.15, -0.1) is 11.8 Å². The predicted octanol–water partition coefficient (Wildman–Crippen LogP) is 4.60. The van der Waals surface area contributed by atoms with Crippen LogP contribution >= 0.6 is 11.8 Å². The number of hydrogen-bond acceptors (Lipinski definition) is 4. The van der Waals surface area contributed by atoms with Gasteiger partial charge in [-0.3, -0.25) is 0 Å². The lowest BCUT2D eigenvalue weighted by Gasteiger charge is -2.10. The van der Waals surface area contributed by atoms with Gasteiger partial charge in [-0.2, -0.15) is 0 Å². The van der Waals surface area contributed by atoms with E-state index in [1.54, 1.807) is 0 Å². The van der Waals surface area contributed by atoms with Crippen molar-refractivity contribution in [2.75, 3.05) is 5.73 Å². The highest BCUT2D eigenvalue weighted by atomic mass is 32.2. The van der Waals surface area contributed by atoms with Gasteiger partial charge in [0.15, 0.2) is 0 Å². The molecule has 1 aliphatic rings. The van der Waals surface area contributed by atoms with Gasteiger partial charge in [0, 0.05) is 29.3 Å². The molecule has 22 heavy (non-hydrogen) atoms. The van der Waals surface area contributed by atoms with Gasteiger partial charge in [-0.1, -0.05) is 33.1 Å². The molecule has 1 unspecified atom stereocenters. The van der Waals surface area contributed by atoms with Crippen LogP contribution in [-0.2, 0) is 12.3 Å². The van der Waals surface area contributed by atoms with Gasteiger partial charge in [0.25, 0.3) is 0 Å². The van der Waals surface area contributed by atoms with Gasteiger partial charge < -0.3 is 15.4 Å². The molecule has 0 fully saturated rings. The van der Waals surface area contributed by atoms with Gasteiger partial charge in [0.2, 0.25) is 5.88 Å². The minimum Gasteiger partial charge on any atom is -0.494 e. The van der Waals surface area contributed by atoms with Crippen molar-refractivity contribution >= 4 is 28.4 Å². The third-order valence-electron chi connectivity index (χ3n) is 4.44. The minimum absolute atomic E-state index is 0.268. The van der Waals surface area contributed by atoms with E-state index in [1.807, 2.05) is 22.5 Å². The van der Waals surface area contributed by atoms with Crippen molar-refractivity contribution in [1.82, 2.24) is 9.55 Å². The second-order valence-electron chi connectivity index (χ2n) is 6.09. The van der Waals surface area contributed by atoms with Crippen LogP contribution in [0.15, 0.2) is 6.20 Å². The minimum atomic E-state index is 0.268. The molecule has 0 saturated heterocycles. The molecule has 1 aliphatic heterocycles. The van der Waals surface area contributed by atoms with Crippen LogP contribution < -0.4 is 5.73 Å². The molecular weight excluding hydrogens is 294 g/mol. The number of aromatic nitrogens is 2. The quantitative estimate of drug-likeness (QED) is 0.764. The van der Waals surface area contributed by atoms with Crippen molar-refractivity contribution in [2.24, 2.45) is 0 Å². The van der Waals surface area contributed by atoms with Crippen molar-refractivity contribution in [3.63, 3.8) is 0 Å². The number of hydrogen-bond donors (Lipinski definition) is 2. The maximum atomic E-state index is 10.4. The lowest BCUT2D eigenvalue weighted by molar-refractivity contribution is 0.421. The van der Waals surface area contributed by atoms with Crippen molar-refractivity contribution in [2.45, 2.75) is 63.5 Å². The molecule has 0 aromatic carbocycles. The fourth-order valence-corrected chi connectivity index (χ4v) is 4.61. The lowest BCUT2D eigenvalue weighted by Crippen LogP contribution is -2.00. The van der Waals surface area contributed by atoms with E-state index >= 15 is 0 Å². The van der Waals surface area contributed by atoms with E-state index in [4.69, 9.17) is 10.7 Å². The first-order chi connectivity index (χ1) is 10.7. The van der Waals surface area contributed by atoms with Crippen LogP contribution in [0.1, 0.15) is 62.5 Å². The van der Waals surface area contributed by atoms with Crippen molar-refractivity contribution in [1.29, 1.82) is 0 Å². The molecule has 4 nitrogen and oxygen atoms in total. The number of anilines is 1. The van der Waals surface area contributed by atoms with E-state index < -0.39 is 0 Å². The van der Waals surface area contributed by atoms with E-state index in [9.17, 15) is 5.11 Å². The first-order valence-corrected chi connectivity index (χ1v) is 9.33. The Balaban J connectivity index is 1.99. The number of nitrogen functional groups attached to an aromatic ring is 1. The van der Waals surface area contributed by atoms with Crippen molar-refractivity contribution in [3.8, 4) is 5.88 Å². The molecule has 3 heterocycles.